The fraction of sp³-hybridized carbons (Fsp3) is 0.357. The van der Waals surface area contributed by atoms with Crippen molar-refractivity contribution in [2.24, 2.45) is 11.7 Å². The predicted octanol–water partition coefficient (Wildman–Crippen LogP) is 1.16. The lowest BCUT2D eigenvalue weighted by Crippen LogP contribution is -2.33. The summed E-state index contributed by atoms with van der Waals surface area (Å²) >= 11 is 0. The molecular formula is C14H17FN2O4. The second kappa shape index (κ2) is 7.49. The van der Waals surface area contributed by atoms with Crippen LogP contribution in [0.3, 0.4) is 0 Å². The molecule has 7 heteroatoms. The summed E-state index contributed by atoms with van der Waals surface area (Å²) in [5, 5.41) is 10.8. The molecule has 114 valence electrons. The highest BCUT2D eigenvalue weighted by Crippen LogP contribution is 2.14. The van der Waals surface area contributed by atoms with Crippen molar-refractivity contribution >= 4 is 23.3 Å². The van der Waals surface area contributed by atoms with Crippen molar-refractivity contribution in [2.75, 3.05) is 5.32 Å². The highest BCUT2D eigenvalue weighted by atomic mass is 19.1. The molecule has 0 saturated carbocycles. The summed E-state index contributed by atoms with van der Waals surface area (Å²) in [6.45, 7) is 1.62. The Labute approximate surface area is 121 Å². The summed E-state index contributed by atoms with van der Waals surface area (Å²) in [5.74, 6) is -3.85. The minimum Gasteiger partial charge on any atom is -0.480 e. The van der Waals surface area contributed by atoms with Crippen molar-refractivity contribution in [3.05, 3.63) is 30.1 Å². The van der Waals surface area contributed by atoms with E-state index in [2.05, 4.69) is 5.32 Å². The molecule has 21 heavy (non-hydrogen) atoms. The second-order valence-electron chi connectivity index (χ2n) is 4.85. The fourth-order valence-corrected chi connectivity index (χ4v) is 1.78. The monoisotopic (exact) mass is 296 g/mol. The van der Waals surface area contributed by atoms with Gasteiger partial charge in [-0.1, -0.05) is 19.1 Å². The number of aliphatic carboxylic acids is 1. The summed E-state index contributed by atoms with van der Waals surface area (Å²) < 4.78 is 13.3. The highest BCUT2D eigenvalue weighted by molar-refractivity contribution is 6.40. The van der Waals surface area contributed by atoms with Crippen LogP contribution in [0.2, 0.25) is 0 Å². The minimum atomic E-state index is -1.16. The van der Waals surface area contributed by atoms with E-state index in [9.17, 15) is 18.8 Å². The lowest BCUT2D eigenvalue weighted by atomic mass is 9.96. The lowest BCUT2D eigenvalue weighted by Gasteiger charge is -2.13. The number of carbonyl (C=O) groups excluding carboxylic acids is 2. The van der Waals surface area contributed by atoms with Crippen LogP contribution < -0.4 is 11.1 Å². The number of amides is 1. The number of halogens is 1. The average Bonchev–Trinajstić information content (AvgIpc) is 2.40. The number of carboxylic acid groups (broad SMARTS) is 1. The summed E-state index contributed by atoms with van der Waals surface area (Å²) in [7, 11) is 0. The second-order valence-corrected chi connectivity index (χ2v) is 4.85. The van der Waals surface area contributed by atoms with E-state index >= 15 is 0 Å². The maximum absolute atomic E-state index is 13.3. The third kappa shape index (κ3) is 5.31. The van der Waals surface area contributed by atoms with E-state index in [4.69, 9.17) is 10.8 Å². The van der Waals surface area contributed by atoms with Crippen molar-refractivity contribution in [2.45, 2.75) is 25.8 Å². The molecule has 6 nitrogen and oxygen atoms in total. The first-order valence-corrected chi connectivity index (χ1v) is 6.38. The molecular weight excluding hydrogens is 279 g/mol. The number of Topliss-reactive ketones (excluding diaryl/α,β-unsaturated/α-hetero) is 1. The van der Waals surface area contributed by atoms with E-state index < -0.39 is 29.5 Å². The van der Waals surface area contributed by atoms with Gasteiger partial charge in [0, 0.05) is 6.42 Å². The molecule has 0 radical (unpaired) electrons. The number of rotatable bonds is 7. The van der Waals surface area contributed by atoms with E-state index in [0.29, 0.717) is 0 Å². The fourth-order valence-electron chi connectivity index (χ4n) is 1.78. The van der Waals surface area contributed by atoms with Crippen LogP contribution in [-0.4, -0.2) is 28.8 Å². The number of nitrogens with one attached hydrogen (secondary N) is 1. The molecule has 0 aliphatic carbocycles. The van der Waals surface area contributed by atoms with Gasteiger partial charge in [0.05, 0.1) is 5.69 Å². The molecule has 0 heterocycles. The van der Waals surface area contributed by atoms with Gasteiger partial charge in [-0.15, -0.1) is 0 Å². The number of nitrogens with two attached hydrogens (primary N) is 1. The Morgan fingerprint density at radius 2 is 1.95 bits per heavy atom. The summed E-state index contributed by atoms with van der Waals surface area (Å²) in [5.41, 5.74) is 5.27. The molecule has 1 aromatic rings. The van der Waals surface area contributed by atoms with Gasteiger partial charge in [0.2, 0.25) is 5.78 Å². The number of benzene rings is 1. The molecule has 0 bridgehead atoms. The van der Waals surface area contributed by atoms with Crippen molar-refractivity contribution in [3.8, 4) is 0 Å². The normalized spacial score (nSPS) is 13.3. The Bertz CT molecular complexity index is 548. The number of ketones is 1. The van der Waals surface area contributed by atoms with E-state index in [0.717, 1.165) is 6.07 Å². The number of anilines is 1. The zero-order chi connectivity index (χ0) is 16.0. The van der Waals surface area contributed by atoms with Crippen molar-refractivity contribution in [1.82, 2.24) is 0 Å². The van der Waals surface area contributed by atoms with Crippen LogP contribution in [0, 0.1) is 11.7 Å². The van der Waals surface area contributed by atoms with Gasteiger partial charge in [0.25, 0.3) is 5.91 Å². The molecule has 4 N–H and O–H groups in total. The number of carboxylic acids is 1. The summed E-state index contributed by atoms with van der Waals surface area (Å²) in [6, 6.07) is 4.40. The topological polar surface area (TPSA) is 109 Å². The first-order valence-electron chi connectivity index (χ1n) is 6.38. The molecule has 0 aromatic heterocycles. The van der Waals surface area contributed by atoms with E-state index in [1.165, 1.54) is 18.2 Å². The lowest BCUT2D eigenvalue weighted by molar-refractivity contribution is -0.139. The van der Waals surface area contributed by atoms with Crippen molar-refractivity contribution < 1.29 is 23.9 Å². The first kappa shape index (κ1) is 16.8. The largest absolute Gasteiger partial charge is 0.480 e. The van der Waals surface area contributed by atoms with Gasteiger partial charge in [0.1, 0.15) is 11.9 Å². The zero-order valence-electron chi connectivity index (χ0n) is 11.5. The van der Waals surface area contributed by atoms with Gasteiger partial charge < -0.3 is 16.2 Å². The van der Waals surface area contributed by atoms with Gasteiger partial charge in [0.15, 0.2) is 0 Å². The molecule has 0 fully saturated rings. The van der Waals surface area contributed by atoms with E-state index in [1.54, 1.807) is 6.92 Å². The molecule has 0 aliphatic rings. The quantitative estimate of drug-likeness (QED) is 0.654. The molecule has 0 saturated heterocycles. The van der Waals surface area contributed by atoms with Crippen LogP contribution in [0.4, 0.5) is 10.1 Å². The van der Waals surface area contributed by atoms with Crippen molar-refractivity contribution in [3.63, 3.8) is 0 Å². The molecule has 0 spiro atoms. The van der Waals surface area contributed by atoms with Gasteiger partial charge in [-0.25, -0.2) is 4.39 Å². The molecule has 0 aliphatic heterocycles. The van der Waals surface area contributed by atoms with Crippen LogP contribution in [0.25, 0.3) is 0 Å². The van der Waals surface area contributed by atoms with E-state index in [-0.39, 0.29) is 24.4 Å². The highest BCUT2D eigenvalue weighted by Gasteiger charge is 2.22. The molecule has 1 unspecified atom stereocenters. The van der Waals surface area contributed by atoms with Gasteiger partial charge in [-0.2, -0.15) is 0 Å². The number of para-hydroxylation sites is 1. The predicted molar refractivity (Wildman–Crippen MR) is 74.0 cm³/mol. The number of hydrogen-bond donors (Lipinski definition) is 3. The number of hydrogen-bond acceptors (Lipinski definition) is 4. The smallest absolute Gasteiger partial charge is 0.320 e. The van der Waals surface area contributed by atoms with Crippen LogP contribution in [0.15, 0.2) is 24.3 Å². The van der Waals surface area contributed by atoms with Crippen LogP contribution in [0.1, 0.15) is 19.8 Å². The SMILES string of the molecule is CC(CC(=O)C(=O)Nc1ccccc1F)C[C@H](N)C(=O)O. The Balaban J connectivity index is 2.54. The number of carbonyl (C=O) groups is 3. The summed E-state index contributed by atoms with van der Waals surface area (Å²) in [6.07, 6.45) is -0.0741. The molecule has 1 rings (SSSR count). The Morgan fingerprint density at radius 3 is 2.52 bits per heavy atom. The first-order chi connectivity index (χ1) is 9.81. The average molecular weight is 296 g/mol. The maximum atomic E-state index is 13.3. The van der Waals surface area contributed by atoms with Gasteiger partial charge in [-0.05, 0) is 24.5 Å². The Hall–Kier alpha value is -2.28. The standard InChI is InChI=1S/C14H17FN2O4/c1-8(6-10(16)14(20)21)7-12(18)13(19)17-11-5-3-2-4-9(11)15/h2-5,8,10H,6-7,16H2,1H3,(H,17,19)(H,20,21)/t8?,10-/m0/s1. The third-order valence-corrected chi connectivity index (χ3v) is 2.88. The molecule has 1 aromatic carbocycles. The maximum Gasteiger partial charge on any atom is 0.320 e. The van der Waals surface area contributed by atoms with Crippen LogP contribution in [0.5, 0.6) is 0 Å². The van der Waals surface area contributed by atoms with Gasteiger partial charge in [-0.3, -0.25) is 14.4 Å². The van der Waals surface area contributed by atoms with Crippen molar-refractivity contribution in [1.29, 1.82) is 0 Å². The molecule has 1 amide bonds. The summed E-state index contributed by atoms with van der Waals surface area (Å²) in [4.78, 5) is 33.9. The van der Waals surface area contributed by atoms with E-state index in [1.807, 2.05) is 0 Å². The minimum absolute atomic E-state index is 0.0774. The molecule has 2 atom stereocenters. The van der Waals surface area contributed by atoms with Crippen LogP contribution >= 0.6 is 0 Å². The van der Waals surface area contributed by atoms with Gasteiger partial charge >= 0.3 is 5.97 Å². The zero-order valence-corrected chi connectivity index (χ0v) is 11.5. The third-order valence-electron chi connectivity index (χ3n) is 2.88. The van der Waals surface area contributed by atoms with Crippen LogP contribution in [-0.2, 0) is 14.4 Å². The Kier molecular flexibility index (Phi) is 5.98. The Morgan fingerprint density at radius 1 is 1.33 bits per heavy atom.